The normalized spacial score (nSPS) is 28.9. The lowest BCUT2D eigenvalue weighted by atomic mass is 10.0. The number of aromatic nitrogens is 2. The van der Waals surface area contributed by atoms with Crippen molar-refractivity contribution >= 4 is 5.84 Å². The van der Waals surface area contributed by atoms with Gasteiger partial charge >= 0.3 is 0 Å². The maximum atomic E-state index is 7.05. The third-order valence-electron chi connectivity index (χ3n) is 4.33. The molecule has 1 heterocycles. The number of unbranched alkanes of at least 4 members (excludes halogenated alkanes) is 1. The summed E-state index contributed by atoms with van der Waals surface area (Å²) in [5.41, 5.74) is 10.1. The summed E-state index contributed by atoms with van der Waals surface area (Å²) in [5, 5.41) is 14.2. The molecule has 0 saturated heterocycles. The van der Waals surface area contributed by atoms with Gasteiger partial charge in [-0.2, -0.15) is 10.2 Å². The minimum Gasteiger partial charge on any atom is -0.321 e. The van der Waals surface area contributed by atoms with Crippen molar-refractivity contribution in [2.24, 2.45) is 27.9 Å². The Hall–Kier alpha value is -1.72. The van der Waals surface area contributed by atoms with E-state index < -0.39 is 0 Å². The lowest BCUT2D eigenvalue weighted by Crippen LogP contribution is -2.05. The molecule has 6 nitrogen and oxygen atoms in total. The molecule has 4 N–H and O–H groups in total. The van der Waals surface area contributed by atoms with Crippen LogP contribution in [-0.2, 0) is 6.42 Å². The molecule has 3 unspecified atom stereocenters. The molecule has 0 aliphatic heterocycles. The zero-order valence-electron chi connectivity index (χ0n) is 10.5. The van der Waals surface area contributed by atoms with Crippen molar-refractivity contribution in [1.29, 1.82) is 5.53 Å². The molecule has 3 atom stereocenters. The van der Waals surface area contributed by atoms with Crippen LogP contribution in [0.3, 0.4) is 0 Å². The summed E-state index contributed by atoms with van der Waals surface area (Å²) in [6, 6.07) is 0. The first-order valence-electron chi connectivity index (χ1n) is 6.54. The maximum Gasteiger partial charge on any atom is 0.220 e. The molecule has 0 aromatic carbocycles. The highest BCUT2D eigenvalue weighted by Crippen LogP contribution is 2.63. The number of fused-ring (bicyclic) bond motifs is 3. The number of hydrogen-bond donors (Lipinski definition) is 3. The third-order valence-corrected chi connectivity index (χ3v) is 4.33. The Bertz CT molecular complexity index is 503. The van der Waals surface area contributed by atoms with Gasteiger partial charge in [0.05, 0.1) is 0 Å². The van der Waals surface area contributed by atoms with Gasteiger partial charge in [0.15, 0.2) is 0 Å². The third kappa shape index (κ3) is 1.48. The molecule has 0 radical (unpaired) electrons. The van der Waals surface area contributed by atoms with Gasteiger partial charge in [-0.15, -0.1) is 5.11 Å². The molecule has 0 bridgehead atoms. The van der Waals surface area contributed by atoms with Gasteiger partial charge in [0.2, 0.25) is 5.84 Å². The van der Waals surface area contributed by atoms with E-state index in [1.54, 1.807) is 0 Å². The topological polar surface area (TPSA) is 103 Å². The fraction of sp³-hybridized carbons (Fsp3) is 0.667. The molecule has 6 heteroatoms. The van der Waals surface area contributed by atoms with Crippen molar-refractivity contribution in [3.8, 4) is 0 Å². The van der Waals surface area contributed by atoms with Gasteiger partial charge in [0.25, 0.3) is 0 Å². The summed E-state index contributed by atoms with van der Waals surface area (Å²) in [7, 11) is 0. The van der Waals surface area contributed by atoms with Crippen molar-refractivity contribution in [2.45, 2.75) is 38.5 Å². The van der Waals surface area contributed by atoms with Gasteiger partial charge in [-0.1, -0.05) is 19.8 Å². The second-order valence-electron chi connectivity index (χ2n) is 5.23. The standard InChI is InChI=1S/C12H18N6/c1-2-3-4-6-7-5-8-10(9(6)7)17-18-11(8)12(15-13)16-14/h6-7,9,13H,2-5,14H2,1H3,(H,17,18)/b15-13?,16-12-. The first-order valence-corrected chi connectivity index (χ1v) is 6.54. The summed E-state index contributed by atoms with van der Waals surface area (Å²) >= 11 is 0. The average molecular weight is 246 g/mol. The number of hydrogen-bond acceptors (Lipinski definition) is 4. The van der Waals surface area contributed by atoms with Crippen molar-refractivity contribution in [2.75, 3.05) is 0 Å². The molecule has 1 fully saturated rings. The van der Waals surface area contributed by atoms with Gasteiger partial charge in [0.1, 0.15) is 5.69 Å². The lowest BCUT2D eigenvalue weighted by Gasteiger charge is -2.03. The molecule has 0 amide bonds. The highest BCUT2D eigenvalue weighted by Gasteiger charge is 2.56. The quantitative estimate of drug-likeness (QED) is 0.249. The summed E-state index contributed by atoms with van der Waals surface area (Å²) in [4.78, 5) is 0. The molecule has 3 rings (SSSR count). The Morgan fingerprint density at radius 2 is 2.44 bits per heavy atom. The molecule has 1 aromatic heterocycles. The molecule has 1 aromatic rings. The summed E-state index contributed by atoms with van der Waals surface area (Å²) in [6.45, 7) is 2.23. The number of rotatable bonds is 4. The number of nitrogens with two attached hydrogens (primary N) is 1. The van der Waals surface area contributed by atoms with Crippen LogP contribution in [0.2, 0.25) is 0 Å². The van der Waals surface area contributed by atoms with Crippen molar-refractivity contribution < 1.29 is 0 Å². The molecular weight excluding hydrogens is 228 g/mol. The summed E-state index contributed by atoms with van der Waals surface area (Å²) in [5.74, 6) is 7.70. The Labute approximate surface area is 106 Å². The van der Waals surface area contributed by atoms with Gasteiger partial charge in [-0.25, -0.2) is 5.53 Å². The van der Waals surface area contributed by atoms with Crippen LogP contribution in [0, 0.1) is 17.4 Å². The van der Waals surface area contributed by atoms with E-state index in [4.69, 9.17) is 11.4 Å². The fourth-order valence-corrected chi connectivity index (χ4v) is 3.41. The maximum absolute atomic E-state index is 7.05. The van der Waals surface area contributed by atoms with Crippen LogP contribution in [0.4, 0.5) is 0 Å². The highest BCUT2D eigenvalue weighted by molar-refractivity contribution is 5.98. The van der Waals surface area contributed by atoms with Crippen molar-refractivity contribution in [1.82, 2.24) is 10.2 Å². The van der Waals surface area contributed by atoms with Gasteiger partial charge < -0.3 is 5.84 Å². The Balaban J connectivity index is 1.80. The van der Waals surface area contributed by atoms with Crippen LogP contribution in [0.1, 0.15) is 49.1 Å². The van der Waals surface area contributed by atoms with Crippen LogP contribution in [0.5, 0.6) is 0 Å². The van der Waals surface area contributed by atoms with Crippen molar-refractivity contribution in [3.63, 3.8) is 0 Å². The predicted octanol–water partition coefficient (Wildman–Crippen LogP) is 2.14. The largest absolute Gasteiger partial charge is 0.321 e. The number of H-pyrrole nitrogens is 1. The zero-order chi connectivity index (χ0) is 12.7. The first-order chi connectivity index (χ1) is 8.81. The molecule has 96 valence electrons. The summed E-state index contributed by atoms with van der Waals surface area (Å²) in [6.07, 6.45) is 4.93. The molecule has 18 heavy (non-hydrogen) atoms. The molecule has 1 saturated carbocycles. The van der Waals surface area contributed by atoms with Crippen LogP contribution >= 0.6 is 0 Å². The minimum atomic E-state index is 0.221. The van der Waals surface area contributed by atoms with Crippen molar-refractivity contribution in [3.05, 3.63) is 17.0 Å². The van der Waals surface area contributed by atoms with E-state index in [0.717, 1.165) is 18.3 Å². The van der Waals surface area contributed by atoms with E-state index in [2.05, 4.69) is 27.3 Å². The van der Waals surface area contributed by atoms with Crippen LogP contribution in [0.25, 0.3) is 0 Å². The van der Waals surface area contributed by atoms with Gasteiger partial charge in [-0.05, 0) is 24.7 Å². The Morgan fingerprint density at radius 3 is 3.11 bits per heavy atom. The van der Waals surface area contributed by atoms with Crippen LogP contribution in [0.15, 0.2) is 10.2 Å². The highest BCUT2D eigenvalue weighted by atomic mass is 15.2. The lowest BCUT2D eigenvalue weighted by molar-refractivity contribution is 0.590. The minimum absolute atomic E-state index is 0.221. The molecule has 2 aliphatic carbocycles. The number of nitrogens with one attached hydrogen (secondary N) is 2. The van der Waals surface area contributed by atoms with E-state index >= 15 is 0 Å². The van der Waals surface area contributed by atoms with Crippen LogP contribution < -0.4 is 5.84 Å². The van der Waals surface area contributed by atoms with E-state index in [0.29, 0.717) is 11.6 Å². The summed E-state index contributed by atoms with van der Waals surface area (Å²) < 4.78 is 0. The number of hydrazone groups is 1. The van der Waals surface area contributed by atoms with Gasteiger partial charge in [-0.3, -0.25) is 5.10 Å². The first kappa shape index (κ1) is 11.4. The molecule has 0 spiro atoms. The zero-order valence-corrected chi connectivity index (χ0v) is 10.5. The second kappa shape index (κ2) is 4.19. The fourth-order valence-electron chi connectivity index (χ4n) is 3.41. The monoisotopic (exact) mass is 246 g/mol. The number of nitrogens with zero attached hydrogens (tertiary/aromatic N) is 3. The second-order valence-corrected chi connectivity index (χ2v) is 5.23. The average Bonchev–Trinajstić information content (AvgIpc) is 2.74. The molecular formula is C12H18N6. The SMILES string of the molecule is CCCCC1C2Cc3c(/C(N=N)=N/N)n[nH]c3C12. The van der Waals surface area contributed by atoms with E-state index in [1.165, 1.54) is 30.5 Å². The van der Waals surface area contributed by atoms with E-state index in [9.17, 15) is 0 Å². The van der Waals surface area contributed by atoms with E-state index in [1.807, 2.05) is 0 Å². The Morgan fingerprint density at radius 1 is 1.61 bits per heavy atom. The number of amidine groups is 1. The molecule has 2 aliphatic rings. The van der Waals surface area contributed by atoms with E-state index in [-0.39, 0.29) is 5.84 Å². The van der Waals surface area contributed by atoms with Gasteiger partial charge in [0, 0.05) is 17.2 Å². The number of aromatic amines is 1. The predicted molar refractivity (Wildman–Crippen MR) is 67.4 cm³/mol. The van der Waals surface area contributed by atoms with Crippen LogP contribution in [-0.4, -0.2) is 16.0 Å². The Kier molecular flexibility index (Phi) is 2.65. The smallest absolute Gasteiger partial charge is 0.220 e.